The van der Waals surface area contributed by atoms with Crippen molar-refractivity contribution in [3.63, 3.8) is 0 Å². The van der Waals surface area contributed by atoms with Crippen molar-refractivity contribution in [2.24, 2.45) is 5.73 Å². The average molecular weight is 272 g/mol. The molecule has 0 saturated carbocycles. The lowest BCUT2D eigenvalue weighted by atomic mass is 10.3. The van der Waals surface area contributed by atoms with E-state index in [-0.39, 0.29) is 17.6 Å². The molecule has 0 bridgehead atoms. The van der Waals surface area contributed by atoms with Gasteiger partial charge in [-0.05, 0) is 6.92 Å². The monoisotopic (exact) mass is 272 g/mol. The molecule has 1 unspecified atom stereocenters. The molecule has 0 aliphatic heterocycles. The van der Waals surface area contributed by atoms with Crippen LogP contribution in [-0.4, -0.2) is 28.3 Å². The van der Waals surface area contributed by atoms with Gasteiger partial charge in [-0.3, -0.25) is 9.59 Å². The summed E-state index contributed by atoms with van der Waals surface area (Å²) >= 11 is 5.98. The van der Waals surface area contributed by atoms with E-state index >= 15 is 0 Å². The number of nitrogens with two attached hydrogens (primary N) is 1. The molecule has 1 atom stereocenters. The maximum absolute atomic E-state index is 11.4. The number of nitrogens with zero attached hydrogens (tertiary/aromatic N) is 1. The Morgan fingerprint density at radius 1 is 1.59 bits per heavy atom. The van der Waals surface area contributed by atoms with Crippen LogP contribution in [0.3, 0.4) is 0 Å². The highest BCUT2D eigenvalue weighted by atomic mass is 32.1. The summed E-state index contributed by atoms with van der Waals surface area (Å²) in [5, 5.41) is 7.35. The maximum Gasteiger partial charge on any atom is 0.309 e. The average Bonchev–Trinajstić information content (AvgIpc) is 2.78. The molecule has 0 aromatic carbocycles. The molecule has 0 saturated heterocycles. The summed E-state index contributed by atoms with van der Waals surface area (Å²) in [5.74, 6) is -1.50. The van der Waals surface area contributed by atoms with Gasteiger partial charge in [-0.25, -0.2) is 4.98 Å². The highest BCUT2D eigenvalue weighted by Crippen LogP contribution is 2.14. The standard InChI is InChI=1S/C9H12N4O2S2/c1-5(9-11-2-3-17-9)13-8(15)7(14)12-4-6(10)16/h2-3,5H,4H2,1H3,(H2,10,16)(H,12,14)(H,13,15). The first-order valence-corrected chi connectivity index (χ1v) is 6.06. The van der Waals surface area contributed by atoms with E-state index in [1.807, 2.05) is 0 Å². The molecule has 0 fully saturated rings. The zero-order chi connectivity index (χ0) is 12.8. The van der Waals surface area contributed by atoms with Gasteiger partial charge in [-0.2, -0.15) is 0 Å². The number of aromatic nitrogens is 1. The van der Waals surface area contributed by atoms with Crippen LogP contribution in [-0.2, 0) is 9.59 Å². The molecule has 17 heavy (non-hydrogen) atoms. The van der Waals surface area contributed by atoms with Gasteiger partial charge in [-0.1, -0.05) is 12.2 Å². The quantitative estimate of drug-likeness (QED) is 0.517. The van der Waals surface area contributed by atoms with Crippen molar-refractivity contribution in [3.8, 4) is 0 Å². The van der Waals surface area contributed by atoms with Crippen LogP contribution >= 0.6 is 23.6 Å². The Balaban J connectivity index is 2.43. The summed E-state index contributed by atoms with van der Waals surface area (Å²) in [6, 6.07) is -0.307. The molecule has 1 rings (SSSR count). The SMILES string of the molecule is CC(NC(=O)C(=O)NCC(N)=S)c1nccs1. The predicted molar refractivity (Wildman–Crippen MR) is 68.5 cm³/mol. The van der Waals surface area contributed by atoms with Crippen LogP contribution in [0.4, 0.5) is 0 Å². The van der Waals surface area contributed by atoms with E-state index in [2.05, 4.69) is 27.8 Å². The van der Waals surface area contributed by atoms with Crippen LogP contribution in [0, 0.1) is 0 Å². The number of nitrogens with one attached hydrogen (secondary N) is 2. The third kappa shape index (κ3) is 4.45. The third-order valence-corrected chi connectivity index (χ3v) is 2.90. The first kappa shape index (κ1) is 13.5. The van der Waals surface area contributed by atoms with Crippen LogP contribution in [0.15, 0.2) is 11.6 Å². The molecule has 0 aliphatic rings. The fourth-order valence-corrected chi connectivity index (χ4v) is 1.74. The van der Waals surface area contributed by atoms with Crippen LogP contribution < -0.4 is 16.4 Å². The zero-order valence-corrected chi connectivity index (χ0v) is 10.7. The first-order valence-electron chi connectivity index (χ1n) is 4.77. The number of hydrogen-bond acceptors (Lipinski definition) is 5. The lowest BCUT2D eigenvalue weighted by Crippen LogP contribution is -2.43. The molecule has 1 aromatic rings. The number of thiazole rings is 1. The Hall–Kier alpha value is -1.54. The molecular formula is C9H12N4O2S2. The van der Waals surface area contributed by atoms with E-state index in [4.69, 9.17) is 5.73 Å². The van der Waals surface area contributed by atoms with Gasteiger partial charge >= 0.3 is 11.8 Å². The number of hydrogen-bond donors (Lipinski definition) is 3. The lowest BCUT2D eigenvalue weighted by molar-refractivity contribution is -0.139. The highest BCUT2D eigenvalue weighted by Gasteiger charge is 2.17. The van der Waals surface area contributed by atoms with E-state index in [0.29, 0.717) is 0 Å². The maximum atomic E-state index is 11.4. The molecule has 2 amide bonds. The topological polar surface area (TPSA) is 97.1 Å². The molecule has 0 radical (unpaired) electrons. The van der Waals surface area contributed by atoms with Crippen molar-refractivity contribution in [3.05, 3.63) is 16.6 Å². The minimum Gasteiger partial charge on any atom is -0.392 e. The summed E-state index contributed by atoms with van der Waals surface area (Å²) in [7, 11) is 0. The van der Waals surface area contributed by atoms with Gasteiger partial charge in [0.1, 0.15) is 5.01 Å². The van der Waals surface area contributed by atoms with Crippen molar-refractivity contribution in [1.29, 1.82) is 0 Å². The Bertz CT molecular complexity index is 419. The Kier molecular flexibility index (Phi) is 4.98. The smallest absolute Gasteiger partial charge is 0.309 e. The number of carbonyl (C=O) groups is 2. The van der Waals surface area contributed by atoms with Crippen LogP contribution in [0.2, 0.25) is 0 Å². The van der Waals surface area contributed by atoms with E-state index in [1.54, 1.807) is 18.5 Å². The van der Waals surface area contributed by atoms with E-state index in [9.17, 15) is 9.59 Å². The van der Waals surface area contributed by atoms with Crippen molar-refractivity contribution >= 4 is 40.4 Å². The van der Waals surface area contributed by atoms with Gasteiger partial charge in [0.15, 0.2) is 0 Å². The summed E-state index contributed by atoms with van der Waals surface area (Å²) in [5.41, 5.74) is 5.20. The number of rotatable bonds is 4. The fraction of sp³-hybridized carbons (Fsp3) is 0.333. The van der Waals surface area contributed by atoms with Gasteiger partial charge < -0.3 is 16.4 Å². The first-order chi connectivity index (χ1) is 8.00. The van der Waals surface area contributed by atoms with Crippen LogP contribution in [0.5, 0.6) is 0 Å². The minimum absolute atomic E-state index is 0.00716. The Morgan fingerprint density at radius 3 is 2.82 bits per heavy atom. The molecule has 92 valence electrons. The second-order valence-electron chi connectivity index (χ2n) is 3.21. The molecule has 4 N–H and O–H groups in total. The Labute approximate surface area is 108 Å². The van der Waals surface area contributed by atoms with E-state index in [1.165, 1.54) is 11.3 Å². The third-order valence-electron chi connectivity index (χ3n) is 1.80. The summed E-state index contributed by atoms with van der Waals surface area (Å²) in [4.78, 5) is 26.9. The molecule has 0 aliphatic carbocycles. The molecule has 0 spiro atoms. The second-order valence-corrected chi connectivity index (χ2v) is 4.67. The molecule has 1 heterocycles. The van der Waals surface area contributed by atoms with Crippen LogP contribution in [0.1, 0.15) is 18.0 Å². The van der Waals surface area contributed by atoms with Gasteiger partial charge in [0.25, 0.3) is 0 Å². The molecular weight excluding hydrogens is 260 g/mol. The van der Waals surface area contributed by atoms with Crippen LogP contribution in [0.25, 0.3) is 0 Å². The van der Waals surface area contributed by atoms with Crippen molar-refractivity contribution in [2.45, 2.75) is 13.0 Å². The Morgan fingerprint density at radius 2 is 2.29 bits per heavy atom. The van der Waals surface area contributed by atoms with Gasteiger partial charge in [-0.15, -0.1) is 11.3 Å². The number of thiocarbonyl (C=S) groups is 1. The summed E-state index contributed by atoms with van der Waals surface area (Å²) < 4.78 is 0. The molecule has 8 heteroatoms. The van der Waals surface area contributed by atoms with Gasteiger partial charge in [0.05, 0.1) is 17.6 Å². The summed E-state index contributed by atoms with van der Waals surface area (Å²) in [6.07, 6.45) is 1.63. The second kappa shape index (κ2) is 6.26. The zero-order valence-electron chi connectivity index (χ0n) is 9.10. The van der Waals surface area contributed by atoms with Gasteiger partial charge in [0, 0.05) is 11.6 Å². The highest BCUT2D eigenvalue weighted by molar-refractivity contribution is 7.80. The summed E-state index contributed by atoms with van der Waals surface area (Å²) in [6.45, 7) is 1.75. The number of carbonyl (C=O) groups excluding carboxylic acids is 2. The molecule has 6 nitrogen and oxygen atoms in total. The largest absolute Gasteiger partial charge is 0.392 e. The minimum atomic E-state index is -0.763. The van der Waals surface area contributed by atoms with Crippen molar-refractivity contribution in [2.75, 3.05) is 6.54 Å². The predicted octanol–water partition coefficient (Wildman–Crippen LogP) is -0.277. The van der Waals surface area contributed by atoms with E-state index in [0.717, 1.165) is 5.01 Å². The van der Waals surface area contributed by atoms with E-state index < -0.39 is 11.8 Å². The number of amides is 2. The van der Waals surface area contributed by atoms with Crippen molar-refractivity contribution in [1.82, 2.24) is 15.6 Å². The lowest BCUT2D eigenvalue weighted by Gasteiger charge is -2.10. The fourth-order valence-electron chi connectivity index (χ4n) is 1.02. The van der Waals surface area contributed by atoms with Gasteiger partial charge in [0.2, 0.25) is 0 Å². The molecule has 1 aromatic heterocycles. The van der Waals surface area contributed by atoms with Crippen molar-refractivity contribution < 1.29 is 9.59 Å². The normalized spacial score (nSPS) is 11.6.